The van der Waals surface area contributed by atoms with Crippen molar-refractivity contribution in [1.29, 1.82) is 0 Å². The number of nitrogens with zero attached hydrogens (tertiary/aromatic N) is 1. The standard InChI is InChI=1S/C13H24N2O/c1-4-15-7-5-6-12(15)9-14-10-13(16)8-11(2)3/h5-7,11,13-14,16H,4,8-10H2,1-3H3. The van der Waals surface area contributed by atoms with Crippen LogP contribution in [0.1, 0.15) is 32.9 Å². The maximum Gasteiger partial charge on any atom is 0.0667 e. The van der Waals surface area contributed by atoms with Gasteiger partial charge in [0, 0.05) is 31.5 Å². The molecule has 1 aromatic heterocycles. The van der Waals surface area contributed by atoms with Crippen molar-refractivity contribution < 1.29 is 5.11 Å². The molecule has 0 bridgehead atoms. The molecule has 0 saturated carbocycles. The van der Waals surface area contributed by atoms with E-state index in [9.17, 15) is 5.11 Å². The summed E-state index contributed by atoms with van der Waals surface area (Å²) in [5.74, 6) is 0.552. The normalized spacial score (nSPS) is 13.3. The van der Waals surface area contributed by atoms with Crippen molar-refractivity contribution in [3.05, 3.63) is 24.0 Å². The van der Waals surface area contributed by atoms with Crippen LogP contribution in [0.4, 0.5) is 0 Å². The van der Waals surface area contributed by atoms with Gasteiger partial charge < -0.3 is 15.0 Å². The molecule has 3 nitrogen and oxygen atoms in total. The van der Waals surface area contributed by atoms with Gasteiger partial charge in [-0.1, -0.05) is 13.8 Å². The molecule has 1 atom stereocenters. The molecule has 0 aliphatic rings. The molecule has 1 unspecified atom stereocenters. The number of aromatic nitrogens is 1. The van der Waals surface area contributed by atoms with Gasteiger partial charge in [-0.2, -0.15) is 0 Å². The zero-order valence-electron chi connectivity index (χ0n) is 10.6. The van der Waals surface area contributed by atoms with Crippen LogP contribution in [-0.4, -0.2) is 22.3 Å². The maximum atomic E-state index is 9.71. The summed E-state index contributed by atoms with van der Waals surface area (Å²) < 4.78 is 2.21. The smallest absolute Gasteiger partial charge is 0.0667 e. The Balaban J connectivity index is 2.25. The summed E-state index contributed by atoms with van der Waals surface area (Å²) in [5.41, 5.74) is 1.28. The minimum Gasteiger partial charge on any atom is -0.392 e. The van der Waals surface area contributed by atoms with E-state index in [2.05, 4.69) is 49.0 Å². The summed E-state index contributed by atoms with van der Waals surface area (Å²) in [5, 5.41) is 13.0. The summed E-state index contributed by atoms with van der Waals surface area (Å²) in [7, 11) is 0. The fraction of sp³-hybridized carbons (Fsp3) is 0.692. The lowest BCUT2D eigenvalue weighted by Gasteiger charge is -2.14. The molecule has 0 amide bonds. The maximum absolute atomic E-state index is 9.71. The van der Waals surface area contributed by atoms with Crippen LogP contribution in [0, 0.1) is 5.92 Å². The van der Waals surface area contributed by atoms with Crippen molar-refractivity contribution in [3.8, 4) is 0 Å². The average molecular weight is 224 g/mol. The highest BCUT2D eigenvalue weighted by Gasteiger charge is 2.06. The first-order chi connectivity index (χ1) is 7.63. The monoisotopic (exact) mass is 224 g/mol. The molecule has 0 aromatic carbocycles. The molecule has 92 valence electrons. The summed E-state index contributed by atoms with van der Waals surface area (Å²) in [6, 6.07) is 4.18. The Hall–Kier alpha value is -0.800. The van der Waals surface area contributed by atoms with Gasteiger partial charge in [-0.25, -0.2) is 0 Å². The van der Waals surface area contributed by atoms with Crippen LogP contribution in [0.2, 0.25) is 0 Å². The summed E-state index contributed by atoms with van der Waals surface area (Å²) in [6.07, 6.45) is 2.72. The third-order valence-corrected chi connectivity index (χ3v) is 2.69. The van der Waals surface area contributed by atoms with E-state index >= 15 is 0 Å². The van der Waals surface area contributed by atoms with E-state index in [1.54, 1.807) is 0 Å². The van der Waals surface area contributed by atoms with Crippen LogP contribution in [0.3, 0.4) is 0 Å². The molecular weight excluding hydrogens is 200 g/mol. The lowest BCUT2D eigenvalue weighted by molar-refractivity contribution is 0.146. The molecule has 1 rings (SSSR count). The minimum absolute atomic E-state index is 0.231. The van der Waals surface area contributed by atoms with Gasteiger partial charge in [-0.15, -0.1) is 0 Å². The summed E-state index contributed by atoms with van der Waals surface area (Å²) in [6.45, 7) is 8.90. The lowest BCUT2D eigenvalue weighted by atomic mass is 10.1. The number of aliphatic hydroxyl groups excluding tert-OH is 1. The number of aliphatic hydroxyl groups is 1. The van der Waals surface area contributed by atoms with E-state index in [-0.39, 0.29) is 6.10 Å². The SMILES string of the molecule is CCn1cccc1CNCC(O)CC(C)C. The third kappa shape index (κ3) is 4.37. The van der Waals surface area contributed by atoms with E-state index in [4.69, 9.17) is 0 Å². The van der Waals surface area contributed by atoms with E-state index < -0.39 is 0 Å². The van der Waals surface area contributed by atoms with E-state index in [1.165, 1.54) is 5.69 Å². The van der Waals surface area contributed by atoms with Crippen molar-refractivity contribution in [2.75, 3.05) is 6.54 Å². The largest absolute Gasteiger partial charge is 0.392 e. The fourth-order valence-corrected chi connectivity index (χ4v) is 1.91. The first kappa shape index (κ1) is 13.3. The Bertz CT molecular complexity index is 294. The van der Waals surface area contributed by atoms with Crippen molar-refractivity contribution >= 4 is 0 Å². The van der Waals surface area contributed by atoms with Gasteiger partial charge in [0.25, 0.3) is 0 Å². The molecule has 0 radical (unpaired) electrons. The molecule has 0 aliphatic heterocycles. The Morgan fingerprint density at radius 1 is 1.44 bits per heavy atom. The zero-order chi connectivity index (χ0) is 12.0. The van der Waals surface area contributed by atoms with Crippen LogP contribution < -0.4 is 5.32 Å². The Morgan fingerprint density at radius 2 is 2.19 bits per heavy atom. The highest BCUT2D eigenvalue weighted by atomic mass is 16.3. The lowest BCUT2D eigenvalue weighted by Crippen LogP contribution is -2.28. The zero-order valence-corrected chi connectivity index (χ0v) is 10.6. The number of hydrogen-bond donors (Lipinski definition) is 2. The second-order valence-corrected chi connectivity index (χ2v) is 4.70. The number of rotatable bonds is 7. The summed E-state index contributed by atoms with van der Waals surface area (Å²) >= 11 is 0. The van der Waals surface area contributed by atoms with Gasteiger partial charge in [0.05, 0.1) is 6.10 Å². The van der Waals surface area contributed by atoms with Gasteiger partial charge in [0.15, 0.2) is 0 Å². The van der Waals surface area contributed by atoms with Gasteiger partial charge in [-0.05, 0) is 31.4 Å². The first-order valence-electron chi connectivity index (χ1n) is 6.16. The summed E-state index contributed by atoms with van der Waals surface area (Å²) in [4.78, 5) is 0. The third-order valence-electron chi connectivity index (χ3n) is 2.69. The Labute approximate surface area is 98.5 Å². The van der Waals surface area contributed by atoms with Gasteiger partial charge in [0.1, 0.15) is 0 Å². The molecule has 3 heteroatoms. The average Bonchev–Trinajstić information content (AvgIpc) is 2.64. The number of hydrogen-bond acceptors (Lipinski definition) is 2. The van der Waals surface area contributed by atoms with Crippen molar-refractivity contribution in [2.24, 2.45) is 5.92 Å². The molecule has 0 fully saturated rings. The van der Waals surface area contributed by atoms with Gasteiger partial charge in [-0.3, -0.25) is 0 Å². The molecule has 2 N–H and O–H groups in total. The predicted molar refractivity (Wildman–Crippen MR) is 67.3 cm³/mol. The van der Waals surface area contributed by atoms with Crippen LogP contribution in [0.15, 0.2) is 18.3 Å². The second kappa shape index (κ2) is 6.71. The quantitative estimate of drug-likeness (QED) is 0.743. The highest BCUT2D eigenvalue weighted by Crippen LogP contribution is 2.04. The Morgan fingerprint density at radius 3 is 2.81 bits per heavy atom. The molecular formula is C13H24N2O. The van der Waals surface area contributed by atoms with E-state index in [1.807, 2.05) is 0 Å². The second-order valence-electron chi connectivity index (χ2n) is 4.70. The van der Waals surface area contributed by atoms with Crippen molar-refractivity contribution in [1.82, 2.24) is 9.88 Å². The number of nitrogens with one attached hydrogen (secondary N) is 1. The minimum atomic E-state index is -0.231. The molecule has 1 heterocycles. The first-order valence-corrected chi connectivity index (χ1v) is 6.16. The molecule has 16 heavy (non-hydrogen) atoms. The van der Waals surface area contributed by atoms with Crippen LogP contribution >= 0.6 is 0 Å². The van der Waals surface area contributed by atoms with Crippen LogP contribution in [0.5, 0.6) is 0 Å². The van der Waals surface area contributed by atoms with E-state index in [0.717, 1.165) is 19.5 Å². The van der Waals surface area contributed by atoms with Crippen LogP contribution in [0.25, 0.3) is 0 Å². The predicted octanol–water partition coefficient (Wildman–Crippen LogP) is 2.00. The number of aryl methyl sites for hydroxylation is 1. The van der Waals surface area contributed by atoms with E-state index in [0.29, 0.717) is 12.5 Å². The van der Waals surface area contributed by atoms with Crippen molar-refractivity contribution in [3.63, 3.8) is 0 Å². The van der Waals surface area contributed by atoms with Gasteiger partial charge in [0.2, 0.25) is 0 Å². The topological polar surface area (TPSA) is 37.2 Å². The molecule has 0 spiro atoms. The van der Waals surface area contributed by atoms with Crippen LogP contribution in [-0.2, 0) is 13.1 Å². The van der Waals surface area contributed by atoms with Crippen molar-refractivity contribution in [2.45, 2.75) is 46.4 Å². The molecule has 0 saturated heterocycles. The molecule has 0 aliphatic carbocycles. The Kier molecular flexibility index (Phi) is 5.56. The fourth-order valence-electron chi connectivity index (χ4n) is 1.91. The highest BCUT2D eigenvalue weighted by molar-refractivity contribution is 5.06. The van der Waals surface area contributed by atoms with Gasteiger partial charge >= 0.3 is 0 Å². The molecule has 1 aromatic rings.